The smallest absolute Gasteiger partial charge is 0.0462 e. The highest BCUT2D eigenvalue weighted by Crippen LogP contribution is 2.29. The molecule has 17 heavy (non-hydrogen) atoms. The van der Waals surface area contributed by atoms with Crippen molar-refractivity contribution in [1.29, 1.82) is 0 Å². The number of methoxy groups -OCH3 is 1. The van der Waals surface area contributed by atoms with Gasteiger partial charge >= 0.3 is 0 Å². The van der Waals surface area contributed by atoms with Crippen molar-refractivity contribution in [2.75, 3.05) is 33.4 Å². The second-order valence-electron chi connectivity index (χ2n) is 5.52. The molecule has 4 heteroatoms. The molecule has 1 aliphatic carbocycles. The van der Waals surface area contributed by atoms with E-state index in [1.54, 1.807) is 7.11 Å². The average Bonchev–Trinajstić information content (AvgIpc) is 3.07. The molecule has 2 aliphatic rings. The average molecular weight is 241 g/mol. The molecule has 0 aromatic heterocycles. The Balaban J connectivity index is 1.52. The topological polar surface area (TPSA) is 50.5 Å². The van der Waals surface area contributed by atoms with Gasteiger partial charge in [0.15, 0.2) is 0 Å². The van der Waals surface area contributed by atoms with Crippen LogP contribution in [0.5, 0.6) is 0 Å². The van der Waals surface area contributed by atoms with Crippen LogP contribution in [0.2, 0.25) is 0 Å². The minimum Gasteiger partial charge on any atom is -0.385 e. The molecule has 2 atom stereocenters. The van der Waals surface area contributed by atoms with Crippen LogP contribution in [0.4, 0.5) is 0 Å². The molecular formula is C13H27N3O. The first-order valence-corrected chi connectivity index (χ1v) is 7.01. The molecule has 0 amide bonds. The van der Waals surface area contributed by atoms with Crippen molar-refractivity contribution in [3.63, 3.8) is 0 Å². The Morgan fingerprint density at radius 3 is 2.94 bits per heavy atom. The molecule has 4 nitrogen and oxygen atoms in total. The lowest BCUT2D eigenvalue weighted by Crippen LogP contribution is -2.41. The molecule has 0 radical (unpaired) electrons. The van der Waals surface area contributed by atoms with Crippen molar-refractivity contribution >= 4 is 0 Å². The monoisotopic (exact) mass is 241 g/mol. The summed E-state index contributed by atoms with van der Waals surface area (Å²) in [5.41, 5.74) is 6.07. The molecule has 1 heterocycles. The Morgan fingerprint density at radius 2 is 2.24 bits per heavy atom. The number of hydrogen-bond donors (Lipinski definition) is 2. The van der Waals surface area contributed by atoms with Crippen LogP contribution in [0, 0.1) is 0 Å². The van der Waals surface area contributed by atoms with Gasteiger partial charge in [0.1, 0.15) is 0 Å². The third kappa shape index (κ3) is 4.54. The summed E-state index contributed by atoms with van der Waals surface area (Å²) in [6.45, 7) is 4.29. The highest BCUT2D eigenvalue weighted by atomic mass is 16.5. The molecule has 0 spiro atoms. The van der Waals surface area contributed by atoms with Gasteiger partial charge in [0.25, 0.3) is 0 Å². The number of likely N-dealkylation sites (tertiary alicyclic amines) is 1. The summed E-state index contributed by atoms with van der Waals surface area (Å²) in [5, 5.41) is 3.61. The maximum absolute atomic E-state index is 6.07. The van der Waals surface area contributed by atoms with E-state index >= 15 is 0 Å². The number of rotatable bonds is 8. The quantitative estimate of drug-likeness (QED) is 0.610. The molecule has 2 unspecified atom stereocenters. The Bertz CT molecular complexity index is 221. The number of nitrogens with one attached hydrogen (secondary N) is 1. The largest absolute Gasteiger partial charge is 0.385 e. The highest BCUT2D eigenvalue weighted by molar-refractivity contribution is 4.92. The van der Waals surface area contributed by atoms with Crippen LogP contribution in [-0.4, -0.2) is 56.4 Å². The first-order valence-electron chi connectivity index (χ1n) is 7.01. The zero-order valence-electron chi connectivity index (χ0n) is 11.0. The maximum atomic E-state index is 6.07. The van der Waals surface area contributed by atoms with Crippen molar-refractivity contribution in [2.24, 2.45) is 5.73 Å². The standard InChI is InChI=1S/C13H27N3O/c1-17-8-2-3-11(14)9-15-12-6-7-16(10-12)13-4-5-13/h11-13,15H,2-10,14H2,1H3. The van der Waals surface area contributed by atoms with Gasteiger partial charge in [-0.25, -0.2) is 0 Å². The SMILES string of the molecule is COCCCC(N)CNC1CCN(C2CC2)C1. The molecule has 0 aromatic carbocycles. The fraction of sp³-hybridized carbons (Fsp3) is 1.00. The highest BCUT2D eigenvalue weighted by Gasteiger charge is 2.34. The molecule has 1 saturated carbocycles. The van der Waals surface area contributed by atoms with Gasteiger partial charge < -0.3 is 15.8 Å². The normalized spacial score (nSPS) is 27.5. The molecule has 1 saturated heterocycles. The fourth-order valence-corrected chi connectivity index (χ4v) is 2.64. The fourth-order valence-electron chi connectivity index (χ4n) is 2.64. The number of nitrogens with zero attached hydrogens (tertiary/aromatic N) is 1. The Hall–Kier alpha value is -0.160. The Morgan fingerprint density at radius 1 is 1.41 bits per heavy atom. The van der Waals surface area contributed by atoms with Crippen molar-refractivity contribution < 1.29 is 4.74 Å². The lowest BCUT2D eigenvalue weighted by molar-refractivity contribution is 0.190. The van der Waals surface area contributed by atoms with Gasteiger partial charge in [-0.2, -0.15) is 0 Å². The second-order valence-corrected chi connectivity index (χ2v) is 5.52. The summed E-state index contributed by atoms with van der Waals surface area (Å²) < 4.78 is 5.03. The minimum atomic E-state index is 0.278. The van der Waals surface area contributed by atoms with E-state index in [9.17, 15) is 0 Å². The summed E-state index contributed by atoms with van der Waals surface area (Å²) in [7, 11) is 1.74. The zero-order chi connectivity index (χ0) is 12.1. The van der Waals surface area contributed by atoms with Crippen LogP contribution in [0.25, 0.3) is 0 Å². The molecule has 100 valence electrons. The second kappa shape index (κ2) is 6.69. The number of ether oxygens (including phenoxy) is 1. The third-order valence-electron chi connectivity index (χ3n) is 3.88. The molecule has 1 aliphatic heterocycles. The zero-order valence-corrected chi connectivity index (χ0v) is 11.0. The number of hydrogen-bond acceptors (Lipinski definition) is 4. The first kappa shape index (κ1) is 13.3. The van der Waals surface area contributed by atoms with Crippen molar-refractivity contribution in [3.8, 4) is 0 Å². The van der Waals surface area contributed by atoms with E-state index in [4.69, 9.17) is 10.5 Å². The van der Waals surface area contributed by atoms with E-state index in [0.29, 0.717) is 6.04 Å². The summed E-state index contributed by atoms with van der Waals surface area (Å²) in [6, 6.07) is 1.86. The summed E-state index contributed by atoms with van der Waals surface area (Å²) >= 11 is 0. The van der Waals surface area contributed by atoms with Gasteiger partial charge in [-0.15, -0.1) is 0 Å². The van der Waals surface area contributed by atoms with Crippen LogP contribution in [-0.2, 0) is 4.74 Å². The third-order valence-corrected chi connectivity index (χ3v) is 3.88. The molecule has 3 N–H and O–H groups in total. The molecule has 0 bridgehead atoms. The number of nitrogens with two attached hydrogens (primary N) is 1. The van der Waals surface area contributed by atoms with E-state index in [1.807, 2.05) is 0 Å². The van der Waals surface area contributed by atoms with Crippen LogP contribution in [0.15, 0.2) is 0 Å². The van der Waals surface area contributed by atoms with E-state index in [2.05, 4.69) is 10.2 Å². The van der Waals surface area contributed by atoms with Gasteiger partial charge in [-0.05, 0) is 32.1 Å². The van der Waals surface area contributed by atoms with Crippen LogP contribution >= 0.6 is 0 Å². The van der Waals surface area contributed by atoms with Crippen LogP contribution in [0.1, 0.15) is 32.1 Å². The first-order chi connectivity index (χ1) is 8.29. The van der Waals surface area contributed by atoms with E-state index < -0.39 is 0 Å². The van der Waals surface area contributed by atoms with Crippen molar-refractivity contribution in [2.45, 2.75) is 50.2 Å². The lowest BCUT2D eigenvalue weighted by atomic mass is 10.1. The van der Waals surface area contributed by atoms with Gasteiger partial charge in [-0.1, -0.05) is 0 Å². The molecule has 2 fully saturated rings. The Labute approximate surface area is 105 Å². The van der Waals surface area contributed by atoms with Crippen LogP contribution < -0.4 is 11.1 Å². The Kier molecular flexibility index (Phi) is 5.22. The summed E-state index contributed by atoms with van der Waals surface area (Å²) in [6.07, 6.45) is 6.26. The van der Waals surface area contributed by atoms with Crippen molar-refractivity contribution in [3.05, 3.63) is 0 Å². The predicted molar refractivity (Wildman–Crippen MR) is 70.1 cm³/mol. The molecule has 2 rings (SSSR count). The molecular weight excluding hydrogens is 214 g/mol. The summed E-state index contributed by atoms with van der Waals surface area (Å²) in [4.78, 5) is 2.63. The molecule has 0 aromatic rings. The predicted octanol–water partition coefficient (Wildman–Crippen LogP) is 0.567. The van der Waals surface area contributed by atoms with E-state index in [-0.39, 0.29) is 6.04 Å². The van der Waals surface area contributed by atoms with Crippen LogP contribution in [0.3, 0.4) is 0 Å². The van der Waals surface area contributed by atoms with Gasteiger partial charge in [-0.3, -0.25) is 4.90 Å². The van der Waals surface area contributed by atoms with Gasteiger partial charge in [0.2, 0.25) is 0 Å². The summed E-state index contributed by atoms with van der Waals surface area (Å²) in [5.74, 6) is 0. The van der Waals surface area contributed by atoms with Gasteiger partial charge in [0, 0.05) is 51.5 Å². The van der Waals surface area contributed by atoms with Crippen molar-refractivity contribution in [1.82, 2.24) is 10.2 Å². The van der Waals surface area contributed by atoms with E-state index in [0.717, 1.165) is 32.0 Å². The van der Waals surface area contributed by atoms with E-state index in [1.165, 1.54) is 32.4 Å². The maximum Gasteiger partial charge on any atom is 0.0462 e. The van der Waals surface area contributed by atoms with Gasteiger partial charge in [0.05, 0.1) is 0 Å². The minimum absolute atomic E-state index is 0.278. The lowest BCUT2D eigenvalue weighted by Gasteiger charge is -2.18.